The van der Waals surface area contributed by atoms with Crippen LogP contribution in [-0.4, -0.2) is 23.8 Å². The van der Waals surface area contributed by atoms with Gasteiger partial charge in [0.1, 0.15) is 4.83 Å². The van der Waals surface area contributed by atoms with E-state index in [1.54, 1.807) is 0 Å². The molecule has 0 aliphatic heterocycles. The maximum Gasteiger partial charge on any atom is 0.322 e. The molecular weight excluding hydrogens is 527 g/mol. The number of carbonyl (C=O) groups is 1. The number of halogens is 6. The molecule has 0 radical (unpaired) electrons. The lowest BCUT2D eigenvalue weighted by molar-refractivity contribution is -0.143. The van der Waals surface area contributed by atoms with E-state index in [2.05, 4.69) is 79.6 Å². The first-order valence-electron chi connectivity index (χ1n) is 2.90. The van der Waals surface area contributed by atoms with Crippen molar-refractivity contribution in [1.29, 1.82) is 0 Å². The maximum absolute atomic E-state index is 11.2. The molecule has 2 atom stereocenters. The molecule has 13 heavy (non-hydrogen) atoms. The Morgan fingerprint density at radius 3 is 2.23 bits per heavy atom. The van der Waals surface area contributed by atoms with Crippen LogP contribution < -0.4 is 0 Å². The van der Waals surface area contributed by atoms with Gasteiger partial charge in [0.25, 0.3) is 0 Å². The molecule has 0 aliphatic rings. The smallest absolute Gasteiger partial charge is 0.322 e. The fraction of sp³-hybridized carbons (Fsp3) is 0.800. The average molecular weight is 531 g/mol. The lowest BCUT2D eigenvalue weighted by Gasteiger charge is -2.20. The summed E-state index contributed by atoms with van der Waals surface area (Å²) in [5.41, 5.74) is -0.848. The standard InChI is InChI=1S/C5H4Br5ClO2/c6-1-2(7)3(12)13-4(11)5(8,9)10/h2,4H,1H2. The number of hydrogen-bond donors (Lipinski definition) is 0. The summed E-state index contributed by atoms with van der Waals surface area (Å²) >= 11 is 21.4. The molecule has 0 aliphatic carbocycles. The normalized spacial score (nSPS) is 16.5. The minimum absolute atomic E-state index is 0.399. The van der Waals surface area contributed by atoms with E-state index in [1.807, 2.05) is 0 Å². The van der Waals surface area contributed by atoms with E-state index in [9.17, 15) is 4.79 Å². The molecule has 2 nitrogen and oxygen atoms in total. The number of rotatable bonds is 3. The molecule has 0 rings (SSSR count). The predicted molar refractivity (Wildman–Crippen MR) is 71.8 cm³/mol. The summed E-state index contributed by atoms with van der Waals surface area (Å²) in [5.74, 6) is -0.431. The maximum atomic E-state index is 11.2. The zero-order valence-electron chi connectivity index (χ0n) is 5.95. The first-order chi connectivity index (χ1) is 5.79. The minimum Gasteiger partial charge on any atom is -0.442 e. The molecule has 2 unspecified atom stereocenters. The molecule has 78 valence electrons. The molecule has 0 amide bonds. The van der Waals surface area contributed by atoms with Crippen LogP contribution in [0.2, 0.25) is 0 Å². The van der Waals surface area contributed by atoms with Gasteiger partial charge in [0.05, 0.1) is 0 Å². The number of alkyl halides is 6. The Morgan fingerprint density at radius 2 is 1.92 bits per heavy atom. The van der Waals surface area contributed by atoms with Gasteiger partial charge in [0.2, 0.25) is 5.56 Å². The van der Waals surface area contributed by atoms with E-state index in [-0.39, 0.29) is 0 Å². The molecule has 0 N–H and O–H groups in total. The molecule has 0 fully saturated rings. The Kier molecular flexibility index (Phi) is 7.79. The number of hydrogen-bond acceptors (Lipinski definition) is 2. The van der Waals surface area contributed by atoms with Crippen LogP contribution in [0.25, 0.3) is 0 Å². The van der Waals surface area contributed by atoms with Crippen molar-refractivity contribution in [3.05, 3.63) is 0 Å². The quantitative estimate of drug-likeness (QED) is 0.406. The third-order valence-corrected chi connectivity index (χ3v) is 5.54. The summed E-state index contributed by atoms with van der Waals surface area (Å²) in [7, 11) is 0. The fourth-order valence-electron chi connectivity index (χ4n) is 0.306. The van der Waals surface area contributed by atoms with Gasteiger partial charge < -0.3 is 4.74 Å². The van der Waals surface area contributed by atoms with Crippen LogP contribution in [0.1, 0.15) is 0 Å². The van der Waals surface area contributed by atoms with Crippen LogP contribution in [0.15, 0.2) is 0 Å². The van der Waals surface area contributed by atoms with Crippen LogP contribution in [0.4, 0.5) is 0 Å². The molecule has 0 bridgehead atoms. The van der Waals surface area contributed by atoms with Crippen molar-refractivity contribution >= 4 is 97.2 Å². The van der Waals surface area contributed by atoms with Gasteiger partial charge in [-0.15, -0.1) is 0 Å². The van der Waals surface area contributed by atoms with Crippen LogP contribution in [-0.2, 0) is 9.53 Å². The summed E-state index contributed by atoms with van der Waals surface area (Å²) in [6.45, 7) is 0. The highest BCUT2D eigenvalue weighted by molar-refractivity contribution is 9.39. The van der Waals surface area contributed by atoms with Gasteiger partial charge in [-0.25, -0.2) is 0 Å². The molecule has 0 saturated heterocycles. The van der Waals surface area contributed by atoms with E-state index in [0.717, 1.165) is 0 Å². The lowest BCUT2D eigenvalue weighted by atomic mass is 10.5. The van der Waals surface area contributed by atoms with Crippen molar-refractivity contribution < 1.29 is 9.53 Å². The van der Waals surface area contributed by atoms with Crippen molar-refractivity contribution in [2.24, 2.45) is 0 Å². The molecule has 0 saturated carbocycles. The molecule has 0 aromatic carbocycles. The van der Waals surface area contributed by atoms with E-state index in [4.69, 9.17) is 16.3 Å². The van der Waals surface area contributed by atoms with Gasteiger partial charge >= 0.3 is 5.97 Å². The third-order valence-electron chi connectivity index (χ3n) is 0.868. The summed E-state index contributed by atoms with van der Waals surface area (Å²) in [6.07, 6.45) is 0. The lowest BCUT2D eigenvalue weighted by Crippen LogP contribution is -2.29. The summed E-state index contributed by atoms with van der Waals surface area (Å²) < 4.78 is 4.07. The van der Waals surface area contributed by atoms with Crippen molar-refractivity contribution in [2.45, 2.75) is 12.5 Å². The summed E-state index contributed by atoms with van der Waals surface area (Å²) in [4.78, 5) is 10.8. The Hall–Kier alpha value is 2.16. The molecule has 0 aromatic rings. The topological polar surface area (TPSA) is 26.3 Å². The van der Waals surface area contributed by atoms with E-state index in [0.29, 0.717) is 5.33 Å². The van der Waals surface area contributed by atoms with Crippen LogP contribution >= 0.6 is 91.3 Å². The van der Waals surface area contributed by atoms with E-state index < -0.39 is 18.5 Å². The number of ether oxygens (including phenoxy) is 1. The first-order valence-corrected chi connectivity index (χ1v) is 7.75. The molecule has 8 heteroatoms. The Bertz CT molecular complexity index is 182. The van der Waals surface area contributed by atoms with E-state index >= 15 is 0 Å². The average Bonchev–Trinajstić information content (AvgIpc) is 2.01. The van der Waals surface area contributed by atoms with Gasteiger partial charge in [-0.05, 0) is 0 Å². The van der Waals surface area contributed by atoms with Crippen molar-refractivity contribution in [3.63, 3.8) is 0 Å². The monoisotopic (exact) mass is 526 g/mol. The molecular formula is C5H4Br5ClO2. The minimum atomic E-state index is -0.848. The highest BCUT2D eigenvalue weighted by atomic mass is 80.0. The summed E-state index contributed by atoms with van der Waals surface area (Å²) in [5, 5.41) is 0.468. The van der Waals surface area contributed by atoms with Gasteiger partial charge in [0.15, 0.2) is 2.14 Å². The zero-order valence-corrected chi connectivity index (χ0v) is 14.6. The van der Waals surface area contributed by atoms with Crippen molar-refractivity contribution in [3.8, 4) is 0 Å². The van der Waals surface area contributed by atoms with E-state index in [1.165, 1.54) is 0 Å². The Labute approximate surface area is 123 Å². The van der Waals surface area contributed by atoms with Crippen LogP contribution in [0, 0.1) is 0 Å². The van der Waals surface area contributed by atoms with Gasteiger partial charge in [-0.3, -0.25) is 4.79 Å². The second kappa shape index (κ2) is 6.68. The van der Waals surface area contributed by atoms with Crippen LogP contribution in [0.5, 0.6) is 0 Å². The highest BCUT2D eigenvalue weighted by Crippen LogP contribution is 2.40. The number of carbonyl (C=O) groups excluding carboxylic acids is 1. The van der Waals surface area contributed by atoms with Gasteiger partial charge in [-0.1, -0.05) is 91.3 Å². The zero-order chi connectivity index (χ0) is 10.6. The fourth-order valence-corrected chi connectivity index (χ4v) is 1.05. The Morgan fingerprint density at radius 1 is 1.46 bits per heavy atom. The largest absolute Gasteiger partial charge is 0.442 e. The van der Waals surface area contributed by atoms with Crippen LogP contribution in [0.3, 0.4) is 0 Å². The predicted octanol–water partition coefficient (Wildman–Crippen LogP) is 4.09. The van der Waals surface area contributed by atoms with Crippen molar-refractivity contribution in [2.75, 3.05) is 5.33 Å². The molecule has 0 aromatic heterocycles. The third kappa shape index (κ3) is 6.35. The van der Waals surface area contributed by atoms with Gasteiger partial charge in [0, 0.05) is 5.33 Å². The van der Waals surface area contributed by atoms with Gasteiger partial charge in [-0.2, -0.15) is 0 Å². The first kappa shape index (κ1) is 15.2. The molecule has 0 heterocycles. The summed E-state index contributed by atoms with van der Waals surface area (Å²) in [6, 6.07) is 0. The number of esters is 1. The SMILES string of the molecule is O=C(OC(Cl)C(Br)(Br)Br)C(Br)CBr. The van der Waals surface area contributed by atoms with Crippen molar-refractivity contribution in [1.82, 2.24) is 0 Å². The molecule has 0 spiro atoms. The highest BCUT2D eigenvalue weighted by Gasteiger charge is 2.33. The Balaban J connectivity index is 4.07. The second-order valence-corrected chi connectivity index (χ2v) is 11.0. The second-order valence-electron chi connectivity index (χ2n) is 1.92.